The molecular weight excluding hydrogens is 248 g/mol. The second kappa shape index (κ2) is 4.58. The molecule has 0 bridgehead atoms. The van der Waals surface area contributed by atoms with Crippen LogP contribution in [0.25, 0.3) is 10.8 Å². The van der Waals surface area contributed by atoms with Gasteiger partial charge in [0.15, 0.2) is 0 Å². The second-order valence-corrected chi connectivity index (χ2v) is 5.04. The first kappa shape index (κ1) is 11.5. The van der Waals surface area contributed by atoms with Crippen molar-refractivity contribution in [2.24, 2.45) is 5.92 Å². The molecule has 0 saturated carbocycles. The van der Waals surface area contributed by atoms with Gasteiger partial charge < -0.3 is 5.32 Å². The van der Waals surface area contributed by atoms with E-state index in [-0.39, 0.29) is 17.2 Å². The molecule has 18 heavy (non-hydrogen) atoms. The third kappa shape index (κ3) is 1.95. The van der Waals surface area contributed by atoms with Crippen molar-refractivity contribution in [2.45, 2.75) is 11.8 Å². The summed E-state index contributed by atoms with van der Waals surface area (Å²) in [5.74, 6) is -0.0675. The van der Waals surface area contributed by atoms with Crippen LogP contribution in [-0.2, 0) is 4.79 Å². The molecule has 0 radical (unpaired) electrons. The molecule has 2 heterocycles. The molecule has 1 aliphatic rings. The third-order valence-electron chi connectivity index (χ3n) is 3.43. The van der Waals surface area contributed by atoms with E-state index in [1.807, 2.05) is 30.5 Å². The van der Waals surface area contributed by atoms with Crippen LogP contribution < -0.4 is 5.32 Å². The SMILES string of the molecule is O=C1NCC[C@@H]1C(Cl)c1ccc2ccncc2c1. The minimum Gasteiger partial charge on any atom is -0.356 e. The summed E-state index contributed by atoms with van der Waals surface area (Å²) in [6.45, 7) is 0.724. The molecule has 0 aliphatic carbocycles. The van der Waals surface area contributed by atoms with Gasteiger partial charge in [0.1, 0.15) is 0 Å². The Hall–Kier alpha value is -1.61. The van der Waals surface area contributed by atoms with E-state index in [9.17, 15) is 4.79 Å². The van der Waals surface area contributed by atoms with Crippen LogP contribution >= 0.6 is 11.6 Å². The lowest BCUT2D eigenvalue weighted by Gasteiger charge is -2.15. The average molecular weight is 261 g/mol. The van der Waals surface area contributed by atoms with Gasteiger partial charge in [-0.15, -0.1) is 11.6 Å². The maximum absolute atomic E-state index is 11.6. The molecule has 1 saturated heterocycles. The molecule has 1 aromatic carbocycles. The minimum absolute atomic E-state index is 0.0567. The number of carbonyl (C=O) groups excluding carboxylic acids is 1. The highest BCUT2D eigenvalue weighted by Crippen LogP contribution is 2.34. The van der Waals surface area contributed by atoms with Crippen LogP contribution in [0.3, 0.4) is 0 Å². The van der Waals surface area contributed by atoms with Crippen molar-refractivity contribution in [1.29, 1.82) is 0 Å². The van der Waals surface area contributed by atoms with E-state index in [1.165, 1.54) is 0 Å². The van der Waals surface area contributed by atoms with Gasteiger partial charge in [-0.1, -0.05) is 12.1 Å². The van der Waals surface area contributed by atoms with Gasteiger partial charge in [0.05, 0.1) is 11.3 Å². The smallest absolute Gasteiger partial charge is 0.225 e. The molecule has 2 aromatic rings. The number of rotatable bonds is 2. The monoisotopic (exact) mass is 260 g/mol. The normalized spacial score (nSPS) is 20.9. The summed E-state index contributed by atoms with van der Waals surface area (Å²) < 4.78 is 0. The highest BCUT2D eigenvalue weighted by Gasteiger charge is 2.31. The first-order valence-electron chi connectivity index (χ1n) is 6.01. The van der Waals surface area contributed by atoms with Crippen LogP contribution in [0, 0.1) is 5.92 Å². The highest BCUT2D eigenvalue weighted by atomic mass is 35.5. The van der Waals surface area contributed by atoms with E-state index >= 15 is 0 Å². The Labute approximate surface area is 110 Å². The fourth-order valence-electron chi connectivity index (χ4n) is 2.40. The van der Waals surface area contributed by atoms with Crippen LogP contribution in [0.2, 0.25) is 0 Å². The fraction of sp³-hybridized carbons (Fsp3) is 0.286. The van der Waals surface area contributed by atoms with Crippen LogP contribution in [0.1, 0.15) is 17.4 Å². The number of fused-ring (bicyclic) bond motifs is 1. The molecule has 1 amide bonds. The van der Waals surface area contributed by atoms with Crippen LogP contribution in [0.15, 0.2) is 36.7 Å². The van der Waals surface area contributed by atoms with Crippen molar-refractivity contribution in [2.75, 3.05) is 6.54 Å². The Morgan fingerprint density at radius 2 is 2.22 bits per heavy atom. The summed E-state index contributed by atoms with van der Waals surface area (Å²) in [7, 11) is 0. The highest BCUT2D eigenvalue weighted by molar-refractivity contribution is 6.22. The maximum atomic E-state index is 11.6. The summed E-state index contributed by atoms with van der Waals surface area (Å²) in [5, 5.41) is 4.74. The van der Waals surface area contributed by atoms with Crippen LogP contribution in [-0.4, -0.2) is 17.4 Å². The number of halogens is 1. The topological polar surface area (TPSA) is 42.0 Å². The lowest BCUT2D eigenvalue weighted by molar-refractivity contribution is -0.122. The average Bonchev–Trinajstić information content (AvgIpc) is 2.83. The lowest BCUT2D eigenvalue weighted by atomic mass is 9.96. The van der Waals surface area contributed by atoms with Gasteiger partial charge in [0, 0.05) is 24.3 Å². The van der Waals surface area contributed by atoms with Gasteiger partial charge in [-0.05, 0) is 29.5 Å². The molecule has 3 rings (SSSR count). The molecule has 0 spiro atoms. The molecular formula is C14H13ClN2O. The number of amides is 1. The Kier molecular flexibility index (Phi) is 2.92. The van der Waals surface area contributed by atoms with Crippen molar-refractivity contribution in [3.05, 3.63) is 42.2 Å². The van der Waals surface area contributed by atoms with Crippen molar-refractivity contribution >= 4 is 28.3 Å². The number of aromatic nitrogens is 1. The molecule has 2 atom stereocenters. The zero-order chi connectivity index (χ0) is 12.5. The first-order chi connectivity index (χ1) is 8.75. The number of hydrogen-bond donors (Lipinski definition) is 1. The Morgan fingerprint density at radius 1 is 1.33 bits per heavy atom. The quantitative estimate of drug-likeness (QED) is 0.844. The van der Waals surface area contributed by atoms with Crippen molar-refractivity contribution in [3.63, 3.8) is 0 Å². The van der Waals surface area contributed by atoms with Gasteiger partial charge in [-0.25, -0.2) is 0 Å². The molecule has 1 aromatic heterocycles. The third-order valence-corrected chi connectivity index (χ3v) is 3.98. The zero-order valence-corrected chi connectivity index (χ0v) is 10.5. The Balaban J connectivity index is 1.96. The van der Waals surface area contributed by atoms with Gasteiger partial charge in [-0.3, -0.25) is 9.78 Å². The fourth-order valence-corrected chi connectivity index (χ4v) is 2.78. The van der Waals surface area contributed by atoms with E-state index in [2.05, 4.69) is 10.3 Å². The van der Waals surface area contributed by atoms with E-state index < -0.39 is 0 Å². The number of nitrogens with zero attached hydrogens (tertiary/aromatic N) is 1. The predicted molar refractivity (Wildman–Crippen MR) is 71.5 cm³/mol. The zero-order valence-electron chi connectivity index (χ0n) is 9.77. The summed E-state index contributed by atoms with van der Waals surface area (Å²) >= 11 is 6.43. The number of benzene rings is 1. The number of hydrogen-bond acceptors (Lipinski definition) is 2. The summed E-state index contributed by atoms with van der Waals surface area (Å²) in [6.07, 6.45) is 4.39. The standard InChI is InChI=1S/C14H13ClN2O/c15-13(12-4-6-17-14(12)18)10-2-1-9-3-5-16-8-11(9)7-10/h1-3,5,7-8,12-13H,4,6H2,(H,17,18)/t12-,13?/m1/s1. The summed E-state index contributed by atoms with van der Waals surface area (Å²) in [4.78, 5) is 15.7. The molecule has 1 aliphatic heterocycles. The minimum atomic E-state index is -0.267. The van der Waals surface area contributed by atoms with Gasteiger partial charge in [-0.2, -0.15) is 0 Å². The van der Waals surface area contributed by atoms with Crippen molar-refractivity contribution in [1.82, 2.24) is 10.3 Å². The van der Waals surface area contributed by atoms with E-state index in [4.69, 9.17) is 11.6 Å². The number of alkyl halides is 1. The summed E-state index contributed by atoms with van der Waals surface area (Å²) in [6, 6.07) is 8.00. The van der Waals surface area contributed by atoms with Crippen LogP contribution in [0.4, 0.5) is 0 Å². The largest absolute Gasteiger partial charge is 0.356 e. The second-order valence-electron chi connectivity index (χ2n) is 4.57. The summed E-state index contributed by atoms with van der Waals surface area (Å²) in [5.41, 5.74) is 0.985. The lowest BCUT2D eigenvalue weighted by Crippen LogP contribution is -2.21. The predicted octanol–water partition coefficient (Wildman–Crippen LogP) is 2.65. The molecule has 92 valence electrons. The number of pyridine rings is 1. The van der Waals surface area contributed by atoms with E-state index in [0.29, 0.717) is 0 Å². The Morgan fingerprint density at radius 3 is 3.00 bits per heavy atom. The Bertz CT molecular complexity index is 599. The van der Waals surface area contributed by atoms with Gasteiger partial charge in [0.25, 0.3) is 0 Å². The first-order valence-corrected chi connectivity index (χ1v) is 6.45. The van der Waals surface area contributed by atoms with Gasteiger partial charge in [0.2, 0.25) is 5.91 Å². The van der Waals surface area contributed by atoms with Crippen molar-refractivity contribution < 1.29 is 4.79 Å². The maximum Gasteiger partial charge on any atom is 0.225 e. The van der Waals surface area contributed by atoms with Crippen molar-refractivity contribution in [3.8, 4) is 0 Å². The molecule has 3 nitrogen and oxygen atoms in total. The molecule has 4 heteroatoms. The van der Waals surface area contributed by atoms with E-state index in [1.54, 1.807) is 6.20 Å². The van der Waals surface area contributed by atoms with Gasteiger partial charge >= 0.3 is 0 Å². The molecule has 1 unspecified atom stereocenters. The number of nitrogens with one attached hydrogen (secondary N) is 1. The van der Waals surface area contributed by atoms with Crippen LogP contribution in [0.5, 0.6) is 0 Å². The molecule has 1 fully saturated rings. The molecule has 1 N–H and O–H groups in total. The number of carbonyl (C=O) groups is 1. The van der Waals surface area contributed by atoms with E-state index in [0.717, 1.165) is 29.3 Å².